The van der Waals surface area contributed by atoms with E-state index in [0.29, 0.717) is 24.2 Å². The molecule has 24 heavy (non-hydrogen) atoms. The van der Waals surface area contributed by atoms with Crippen LogP contribution in [0.25, 0.3) is 6.08 Å². The highest BCUT2D eigenvalue weighted by molar-refractivity contribution is 5.97. The van der Waals surface area contributed by atoms with E-state index in [1.54, 1.807) is 18.2 Å². The molecule has 5 nitrogen and oxygen atoms in total. The number of ether oxygens (including phenoxy) is 2. The molecule has 1 aromatic rings. The van der Waals surface area contributed by atoms with Crippen molar-refractivity contribution in [3.8, 4) is 11.5 Å². The summed E-state index contributed by atoms with van der Waals surface area (Å²) < 4.78 is 23.7. The van der Waals surface area contributed by atoms with Gasteiger partial charge >= 0.3 is 5.97 Å². The summed E-state index contributed by atoms with van der Waals surface area (Å²) in [6, 6.07) is 2.93. The molecule has 0 bridgehead atoms. The summed E-state index contributed by atoms with van der Waals surface area (Å²) in [5.74, 6) is -1.09. The average molecular weight is 334 g/mol. The molecule has 0 saturated carbocycles. The molecule has 0 fully saturated rings. The van der Waals surface area contributed by atoms with Gasteiger partial charge < -0.3 is 14.6 Å². The smallest absolute Gasteiger partial charge is 0.342 e. The second kappa shape index (κ2) is 8.29. The van der Waals surface area contributed by atoms with Gasteiger partial charge in [0.2, 0.25) is 0 Å². The van der Waals surface area contributed by atoms with Gasteiger partial charge in [-0.3, -0.25) is 4.79 Å². The van der Waals surface area contributed by atoms with E-state index in [2.05, 4.69) is 0 Å². The van der Waals surface area contributed by atoms with Crippen molar-refractivity contribution in [2.75, 3.05) is 13.7 Å². The summed E-state index contributed by atoms with van der Waals surface area (Å²) in [6.07, 6.45) is 5.24. The van der Waals surface area contributed by atoms with Crippen molar-refractivity contribution < 1.29 is 28.6 Å². The molecule has 6 heteroatoms. The van der Waals surface area contributed by atoms with Gasteiger partial charge in [-0.1, -0.05) is 12.2 Å². The summed E-state index contributed by atoms with van der Waals surface area (Å²) in [6.45, 7) is -0.193. The summed E-state index contributed by atoms with van der Waals surface area (Å²) >= 11 is 0. The molecule has 128 valence electrons. The zero-order valence-electron chi connectivity index (χ0n) is 13.3. The molecule has 1 aliphatic rings. The summed E-state index contributed by atoms with van der Waals surface area (Å²) in [5, 5.41) is 10.1. The van der Waals surface area contributed by atoms with E-state index in [0.717, 1.165) is 6.08 Å². The maximum Gasteiger partial charge on any atom is 0.342 e. The molecule has 1 aliphatic heterocycles. The number of rotatable bonds is 1. The maximum atomic E-state index is 13.6. The molecule has 1 unspecified atom stereocenters. The number of aromatic hydroxyl groups is 1. The Morgan fingerprint density at radius 3 is 2.83 bits per heavy atom. The highest BCUT2D eigenvalue weighted by Gasteiger charge is 2.19. The number of methoxy groups -OCH3 is 1. The van der Waals surface area contributed by atoms with Gasteiger partial charge in [0, 0.05) is 12.5 Å². The average Bonchev–Trinajstić information content (AvgIpc) is 2.56. The Kier molecular flexibility index (Phi) is 6.12. The number of alkyl halides is 1. The van der Waals surface area contributed by atoms with Gasteiger partial charge in [0.05, 0.1) is 7.11 Å². The van der Waals surface area contributed by atoms with Crippen LogP contribution in [0.1, 0.15) is 35.2 Å². The topological polar surface area (TPSA) is 72.8 Å². The number of carbonyl (C=O) groups excluding carboxylic acids is 2. The number of fused-ring (bicyclic) bond motifs is 1. The number of carbonyl (C=O) groups is 2. The Labute approximate surface area is 139 Å². The van der Waals surface area contributed by atoms with E-state index in [9.17, 15) is 19.1 Å². The van der Waals surface area contributed by atoms with Crippen molar-refractivity contribution in [2.24, 2.45) is 0 Å². The SMILES string of the molecule is COc1cc(O)c2c(c1)C=CCCCC(=O)C(F)C=CCOC2=O. The quantitative estimate of drug-likeness (QED) is 0.630. The molecule has 2 rings (SSSR count). The third-order valence-electron chi connectivity index (χ3n) is 3.58. The molecule has 0 aliphatic carbocycles. The van der Waals surface area contributed by atoms with E-state index in [4.69, 9.17) is 9.47 Å². The first-order valence-electron chi connectivity index (χ1n) is 7.61. The van der Waals surface area contributed by atoms with Crippen LogP contribution in [-0.4, -0.2) is 36.7 Å². The minimum absolute atomic E-state index is 0.0189. The van der Waals surface area contributed by atoms with Crippen molar-refractivity contribution in [2.45, 2.75) is 25.4 Å². The van der Waals surface area contributed by atoms with Crippen LogP contribution in [-0.2, 0) is 9.53 Å². The van der Waals surface area contributed by atoms with Crippen LogP contribution in [0.3, 0.4) is 0 Å². The first-order chi connectivity index (χ1) is 11.5. The van der Waals surface area contributed by atoms with Gasteiger partial charge in [-0.05, 0) is 36.6 Å². The summed E-state index contributed by atoms with van der Waals surface area (Å²) in [5.41, 5.74) is 0.470. The molecule has 1 aromatic carbocycles. The third-order valence-corrected chi connectivity index (χ3v) is 3.58. The van der Waals surface area contributed by atoms with Crippen molar-refractivity contribution in [3.63, 3.8) is 0 Å². The Morgan fingerprint density at radius 2 is 2.08 bits per heavy atom. The number of hydrogen-bond acceptors (Lipinski definition) is 5. The Balaban J connectivity index is 2.34. The fourth-order valence-corrected chi connectivity index (χ4v) is 2.31. The highest BCUT2D eigenvalue weighted by atomic mass is 19.1. The lowest BCUT2D eigenvalue weighted by Gasteiger charge is -2.11. The molecule has 0 radical (unpaired) electrons. The van der Waals surface area contributed by atoms with Crippen LogP contribution in [0, 0.1) is 0 Å². The number of benzene rings is 1. The Hall–Kier alpha value is -2.63. The van der Waals surface area contributed by atoms with E-state index >= 15 is 0 Å². The monoisotopic (exact) mass is 334 g/mol. The van der Waals surface area contributed by atoms with Crippen molar-refractivity contribution in [3.05, 3.63) is 41.5 Å². The summed E-state index contributed by atoms with van der Waals surface area (Å²) in [7, 11) is 1.45. The van der Waals surface area contributed by atoms with Crippen LogP contribution < -0.4 is 4.74 Å². The van der Waals surface area contributed by atoms with Crippen molar-refractivity contribution >= 4 is 17.8 Å². The molecule has 1 heterocycles. The van der Waals surface area contributed by atoms with Gasteiger partial charge in [0.15, 0.2) is 12.0 Å². The molecule has 0 aromatic heterocycles. The number of phenolic OH excluding ortho intramolecular Hbond substituents is 1. The van der Waals surface area contributed by atoms with Crippen LogP contribution in [0.2, 0.25) is 0 Å². The molecule has 0 spiro atoms. The van der Waals surface area contributed by atoms with Crippen LogP contribution in [0.4, 0.5) is 4.39 Å². The second-order valence-corrected chi connectivity index (χ2v) is 5.30. The molecular weight excluding hydrogens is 315 g/mol. The number of allylic oxidation sites excluding steroid dienone is 2. The molecule has 0 saturated heterocycles. The third kappa shape index (κ3) is 4.44. The highest BCUT2D eigenvalue weighted by Crippen LogP contribution is 2.29. The predicted octanol–water partition coefficient (Wildman–Crippen LogP) is 3.22. The van der Waals surface area contributed by atoms with Gasteiger partial charge in [-0.25, -0.2) is 9.18 Å². The number of phenols is 1. The minimum Gasteiger partial charge on any atom is -0.507 e. The Morgan fingerprint density at radius 1 is 1.29 bits per heavy atom. The number of halogens is 1. The Bertz CT molecular complexity index is 678. The second-order valence-electron chi connectivity index (χ2n) is 5.30. The number of Topliss-reactive ketones (excluding diaryl/α,β-unsaturated/α-hetero) is 1. The predicted molar refractivity (Wildman–Crippen MR) is 86.9 cm³/mol. The van der Waals surface area contributed by atoms with Gasteiger partial charge in [-0.2, -0.15) is 0 Å². The van der Waals surface area contributed by atoms with Crippen LogP contribution in [0.5, 0.6) is 11.5 Å². The fraction of sp³-hybridized carbons (Fsp3) is 0.333. The first-order valence-corrected chi connectivity index (χ1v) is 7.61. The van der Waals surface area contributed by atoms with E-state index in [1.807, 2.05) is 0 Å². The van der Waals surface area contributed by atoms with Crippen LogP contribution >= 0.6 is 0 Å². The molecular formula is C18H19FO5. The zero-order chi connectivity index (χ0) is 17.5. The fourth-order valence-electron chi connectivity index (χ4n) is 2.31. The standard InChI is InChI=1S/C18H19FO5/c1-23-13-10-12-6-3-2-4-8-15(20)14(19)7-5-9-24-18(22)17(12)16(21)11-13/h3,5-7,10-11,14,21H,2,4,8-9H2,1H3. The normalized spacial score (nSPS) is 19.3. The van der Waals surface area contributed by atoms with Gasteiger partial charge in [0.25, 0.3) is 0 Å². The van der Waals surface area contributed by atoms with Crippen molar-refractivity contribution in [1.82, 2.24) is 0 Å². The molecule has 1 atom stereocenters. The summed E-state index contributed by atoms with van der Waals surface area (Å²) in [4.78, 5) is 23.8. The van der Waals surface area contributed by atoms with Gasteiger partial charge in [0.1, 0.15) is 23.7 Å². The number of esters is 1. The molecule has 1 N–H and O–H groups in total. The largest absolute Gasteiger partial charge is 0.507 e. The first kappa shape index (κ1) is 17.7. The minimum atomic E-state index is -1.69. The van der Waals surface area contributed by atoms with Gasteiger partial charge in [-0.15, -0.1) is 0 Å². The maximum absolute atomic E-state index is 13.6. The lowest BCUT2D eigenvalue weighted by atomic mass is 10.0. The number of cyclic esters (lactones) is 1. The van der Waals surface area contributed by atoms with Crippen LogP contribution in [0.15, 0.2) is 30.4 Å². The van der Waals surface area contributed by atoms with E-state index < -0.39 is 17.9 Å². The lowest BCUT2D eigenvalue weighted by molar-refractivity contribution is -0.122. The van der Waals surface area contributed by atoms with Crippen molar-refractivity contribution in [1.29, 1.82) is 0 Å². The number of hydrogen-bond donors (Lipinski definition) is 1. The lowest BCUT2D eigenvalue weighted by Crippen LogP contribution is -2.13. The van der Waals surface area contributed by atoms with E-state index in [-0.39, 0.29) is 24.3 Å². The molecule has 0 amide bonds. The van der Waals surface area contributed by atoms with E-state index in [1.165, 1.54) is 19.3 Å². The zero-order valence-corrected chi connectivity index (χ0v) is 13.3. The number of ketones is 1.